The van der Waals surface area contributed by atoms with E-state index < -0.39 is 4.92 Å². The molecule has 2 aliphatic rings. The second kappa shape index (κ2) is 6.88. The number of hydrogen-bond acceptors (Lipinski definition) is 4. The first kappa shape index (κ1) is 16.7. The third kappa shape index (κ3) is 3.20. The van der Waals surface area contributed by atoms with Crippen molar-refractivity contribution in [3.05, 3.63) is 75.8 Å². The van der Waals surface area contributed by atoms with Crippen molar-refractivity contribution in [2.75, 3.05) is 13.1 Å². The molecule has 1 amide bonds. The van der Waals surface area contributed by atoms with E-state index in [1.54, 1.807) is 12.1 Å². The van der Waals surface area contributed by atoms with Gasteiger partial charge in [0.2, 0.25) is 0 Å². The molecule has 2 aromatic rings. The number of likely N-dealkylation sites (tertiary alicyclic amines) is 1. The fourth-order valence-corrected chi connectivity index (χ4v) is 4.17. The van der Waals surface area contributed by atoms with Crippen molar-refractivity contribution in [1.82, 2.24) is 9.80 Å². The first-order chi connectivity index (χ1) is 12.6. The Morgan fingerprint density at radius 1 is 1.00 bits per heavy atom. The summed E-state index contributed by atoms with van der Waals surface area (Å²) in [7, 11) is 0. The molecule has 6 nitrogen and oxygen atoms in total. The number of benzene rings is 2. The van der Waals surface area contributed by atoms with Gasteiger partial charge in [0, 0.05) is 49.4 Å². The van der Waals surface area contributed by atoms with Crippen molar-refractivity contribution in [2.24, 2.45) is 0 Å². The maximum atomic E-state index is 12.9. The lowest BCUT2D eigenvalue weighted by atomic mass is 10.1. The van der Waals surface area contributed by atoms with Crippen LogP contribution in [0.5, 0.6) is 0 Å². The van der Waals surface area contributed by atoms with Gasteiger partial charge in [0.25, 0.3) is 11.6 Å². The SMILES string of the molecule is O=C(c1ccc([N+](=O)[O-])cc1)N1C2CCC1CN(Cc1ccccc1)C2. The zero-order chi connectivity index (χ0) is 18.1. The Morgan fingerprint density at radius 2 is 1.62 bits per heavy atom. The van der Waals surface area contributed by atoms with Crippen LogP contribution in [0.4, 0.5) is 5.69 Å². The summed E-state index contributed by atoms with van der Waals surface area (Å²) in [6.45, 7) is 2.67. The Bertz CT molecular complexity index is 793. The second-order valence-corrected chi connectivity index (χ2v) is 7.08. The summed E-state index contributed by atoms with van der Waals surface area (Å²) in [5.41, 5.74) is 1.84. The normalized spacial score (nSPS) is 22.4. The van der Waals surface area contributed by atoms with E-state index >= 15 is 0 Å². The first-order valence-corrected chi connectivity index (χ1v) is 8.95. The van der Waals surface area contributed by atoms with E-state index in [0.717, 1.165) is 32.5 Å². The number of non-ortho nitro benzene ring substituents is 1. The highest BCUT2D eigenvalue weighted by atomic mass is 16.6. The average Bonchev–Trinajstić information content (AvgIpc) is 2.92. The molecule has 0 saturated carbocycles. The molecule has 2 aromatic carbocycles. The highest BCUT2D eigenvalue weighted by Gasteiger charge is 2.42. The van der Waals surface area contributed by atoms with Gasteiger partial charge in [-0.3, -0.25) is 19.8 Å². The Kier molecular flexibility index (Phi) is 4.42. The van der Waals surface area contributed by atoms with Gasteiger partial charge in [-0.15, -0.1) is 0 Å². The summed E-state index contributed by atoms with van der Waals surface area (Å²) in [6, 6.07) is 16.8. The lowest BCUT2D eigenvalue weighted by molar-refractivity contribution is -0.384. The molecule has 0 radical (unpaired) electrons. The van der Waals surface area contributed by atoms with E-state index in [-0.39, 0.29) is 23.7 Å². The van der Waals surface area contributed by atoms with Crippen molar-refractivity contribution in [3.63, 3.8) is 0 Å². The summed E-state index contributed by atoms with van der Waals surface area (Å²) in [6.07, 6.45) is 2.04. The smallest absolute Gasteiger partial charge is 0.269 e. The van der Waals surface area contributed by atoms with Crippen LogP contribution in [0.3, 0.4) is 0 Å². The number of carbonyl (C=O) groups excluding carboxylic acids is 1. The fraction of sp³-hybridized carbons (Fsp3) is 0.350. The molecule has 2 aliphatic heterocycles. The monoisotopic (exact) mass is 351 g/mol. The third-order valence-corrected chi connectivity index (χ3v) is 5.37. The average molecular weight is 351 g/mol. The Morgan fingerprint density at radius 3 is 2.19 bits per heavy atom. The van der Waals surface area contributed by atoms with Crippen LogP contribution in [0, 0.1) is 10.1 Å². The van der Waals surface area contributed by atoms with E-state index in [2.05, 4.69) is 29.2 Å². The van der Waals surface area contributed by atoms with Crippen molar-refractivity contribution in [3.8, 4) is 0 Å². The Balaban J connectivity index is 1.46. The molecule has 2 fully saturated rings. The topological polar surface area (TPSA) is 66.7 Å². The minimum atomic E-state index is -0.444. The number of nitro groups is 1. The number of amides is 1. The molecule has 0 aromatic heterocycles. The van der Waals surface area contributed by atoms with Gasteiger partial charge in [0.05, 0.1) is 4.92 Å². The van der Waals surface area contributed by atoms with Gasteiger partial charge in [-0.1, -0.05) is 30.3 Å². The molecule has 0 spiro atoms. The van der Waals surface area contributed by atoms with Crippen LogP contribution >= 0.6 is 0 Å². The lowest BCUT2D eigenvalue weighted by Crippen LogP contribution is -2.55. The Hall–Kier alpha value is -2.73. The predicted molar refractivity (Wildman–Crippen MR) is 97.8 cm³/mol. The molecular formula is C20H21N3O3. The number of hydrogen-bond donors (Lipinski definition) is 0. The summed E-state index contributed by atoms with van der Waals surface area (Å²) in [5, 5.41) is 10.8. The molecule has 26 heavy (non-hydrogen) atoms. The van der Waals surface area contributed by atoms with Gasteiger partial charge < -0.3 is 4.90 Å². The standard InChI is InChI=1S/C20H21N3O3/c24-20(16-6-8-17(9-7-16)23(25)26)22-18-10-11-19(22)14-21(13-18)12-15-4-2-1-3-5-15/h1-9,18-19H,10-14H2. The summed E-state index contributed by atoms with van der Waals surface area (Å²) in [5.74, 6) is -0.00763. The molecule has 2 atom stereocenters. The number of nitrogens with zero attached hydrogens (tertiary/aromatic N) is 3. The van der Waals surface area contributed by atoms with Gasteiger partial charge in [-0.2, -0.15) is 0 Å². The number of rotatable bonds is 4. The lowest BCUT2D eigenvalue weighted by Gasteiger charge is -2.41. The number of nitro benzene ring substituents is 1. The zero-order valence-corrected chi connectivity index (χ0v) is 14.5. The van der Waals surface area contributed by atoms with Crippen molar-refractivity contribution < 1.29 is 9.72 Å². The molecule has 6 heteroatoms. The first-order valence-electron chi connectivity index (χ1n) is 8.95. The van der Waals surface area contributed by atoms with E-state index in [1.165, 1.54) is 17.7 Å². The van der Waals surface area contributed by atoms with Gasteiger partial charge >= 0.3 is 0 Å². The van der Waals surface area contributed by atoms with Crippen molar-refractivity contribution >= 4 is 11.6 Å². The Labute approximate surface area is 152 Å². The van der Waals surface area contributed by atoms with Crippen LogP contribution in [-0.2, 0) is 6.54 Å². The molecule has 4 rings (SSSR count). The van der Waals surface area contributed by atoms with Gasteiger partial charge in [-0.05, 0) is 30.5 Å². The summed E-state index contributed by atoms with van der Waals surface area (Å²) < 4.78 is 0. The summed E-state index contributed by atoms with van der Waals surface area (Å²) >= 11 is 0. The third-order valence-electron chi connectivity index (χ3n) is 5.37. The van der Waals surface area contributed by atoms with Gasteiger partial charge in [0.15, 0.2) is 0 Å². The van der Waals surface area contributed by atoms with Crippen molar-refractivity contribution in [1.29, 1.82) is 0 Å². The number of fused-ring (bicyclic) bond motifs is 2. The molecule has 2 bridgehead atoms. The molecule has 2 unspecified atom stereocenters. The van der Waals surface area contributed by atoms with Crippen LogP contribution in [0.2, 0.25) is 0 Å². The maximum absolute atomic E-state index is 12.9. The van der Waals surface area contributed by atoms with E-state index in [0.29, 0.717) is 5.56 Å². The quantitative estimate of drug-likeness (QED) is 0.627. The van der Waals surface area contributed by atoms with E-state index in [1.807, 2.05) is 11.0 Å². The molecule has 0 N–H and O–H groups in total. The fourth-order valence-electron chi connectivity index (χ4n) is 4.17. The van der Waals surface area contributed by atoms with Crippen LogP contribution in [-0.4, -0.2) is 45.8 Å². The van der Waals surface area contributed by atoms with Gasteiger partial charge in [-0.25, -0.2) is 0 Å². The highest BCUT2D eigenvalue weighted by molar-refractivity contribution is 5.95. The van der Waals surface area contributed by atoms with Crippen LogP contribution in [0.1, 0.15) is 28.8 Å². The molecule has 134 valence electrons. The highest BCUT2D eigenvalue weighted by Crippen LogP contribution is 2.32. The second-order valence-electron chi connectivity index (χ2n) is 7.08. The number of piperazine rings is 1. The molecule has 2 saturated heterocycles. The number of carbonyl (C=O) groups is 1. The minimum absolute atomic E-state index is 0.00763. The van der Waals surface area contributed by atoms with Crippen LogP contribution < -0.4 is 0 Å². The van der Waals surface area contributed by atoms with Crippen LogP contribution in [0.15, 0.2) is 54.6 Å². The van der Waals surface area contributed by atoms with Crippen LogP contribution in [0.25, 0.3) is 0 Å². The van der Waals surface area contributed by atoms with Gasteiger partial charge in [0.1, 0.15) is 0 Å². The molecule has 0 aliphatic carbocycles. The van der Waals surface area contributed by atoms with E-state index in [9.17, 15) is 14.9 Å². The predicted octanol–water partition coefficient (Wildman–Crippen LogP) is 3.08. The molecule has 2 heterocycles. The maximum Gasteiger partial charge on any atom is 0.269 e. The largest absolute Gasteiger partial charge is 0.330 e. The zero-order valence-electron chi connectivity index (χ0n) is 14.5. The van der Waals surface area contributed by atoms with E-state index in [4.69, 9.17) is 0 Å². The summed E-state index contributed by atoms with van der Waals surface area (Å²) in [4.78, 5) is 27.7. The van der Waals surface area contributed by atoms with Crippen molar-refractivity contribution in [2.45, 2.75) is 31.5 Å². The molecular weight excluding hydrogens is 330 g/mol. The minimum Gasteiger partial charge on any atom is -0.330 e.